The Morgan fingerprint density at radius 1 is 0.750 bits per heavy atom. The lowest BCUT2D eigenvalue weighted by atomic mass is 9.96. The van der Waals surface area contributed by atoms with E-state index in [1.54, 1.807) is 0 Å². The van der Waals surface area contributed by atoms with Crippen LogP contribution in [0.15, 0.2) is 0 Å². The molecule has 0 spiro atoms. The third-order valence-corrected chi connectivity index (χ3v) is 5.53. The summed E-state index contributed by atoms with van der Waals surface area (Å²) in [5.41, 5.74) is 0. The van der Waals surface area contributed by atoms with Crippen molar-refractivity contribution >= 4 is 0 Å². The lowest BCUT2D eigenvalue weighted by molar-refractivity contribution is 0.0320. The molecule has 3 rings (SSSR count). The first-order valence-electron chi connectivity index (χ1n) is 10.5. The first-order chi connectivity index (χ1) is 11.6. The Bertz CT molecular complexity index is 324. The maximum absolute atomic E-state index is 3.74. The van der Waals surface area contributed by atoms with E-state index >= 15 is 0 Å². The van der Waals surface area contributed by atoms with Gasteiger partial charge in [-0.2, -0.15) is 0 Å². The first-order valence-corrected chi connectivity index (χ1v) is 10.5. The van der Waals surface area contributed by atoms with E-state index in [-0.39, 0.29) is 0 Å². The number of piperazine rings is 1. The van der Waals surface area contributed by atoms with Gasteiger partial charge in [-0.3, -0.25) is 9.80 Å². The molecule has 3 heterocycles. The molecule has 0 radical (unpaired) electrons. The van der Waals surface area contributed by atoms with Gasteiger partial charge in [-0.05, 0) is 63.7 Å². The van der Waals surface area contributed by atoms with Crippen molar-refractivity contribution < 1.29 is 0 Å². The third-order valence-electron chi connectivity index (χ3n) is 5.53. The van der Waals surface area contributed by atoms with Gasteiger partial charge in [0.05, 0.1) is 0 Å². The summed E-state index contributed by atoms with van der Waals surface area (Å²) in [5, 5.41) is 7.36. The molecule has 142 valence electrons. The summed E-state index contributed by atoms with van der Waals surface area (Å²) in [6.07, 6.45) is 5.19. The van der Waals surface area contributed by atoms with E-state index in [1.807, 2.05) is 0 Å². The Balaban J connectivity index is 2.04. The van der Waals surface area contributed by atoms with E-state index in [9.17, 15) is 0 Å². The van der Waals surface area contributed by atoms with Gasteiger partial charge >= 0.3 is 0 Å². The maximum Gasteiger partial charge on any atom is 0.0226 e. The predicted octanol–water partition coefficient (Wildman–Crippen LogP) is 2.41. The first kappa shape index (κ1) is 20.2. The molecule has 0 aromatic rings. The number of hydrogen-bond donors (Lipinski definition) is 2. The van der Waals surface area contributed by atoms with Crippen LogP contribution < -0.4 is 10.6 Å². The van der Waals surface area contributed by atoms with Gasteiger partial charge in [0.2, 0.25) is 0 Å². The summed E-state index contributed by atoms with van der Waals surface area (Å²) in [7, 11) is 0. The Morgan fingerprint density at radius 3 is 2.12 bits per heavy atom. The van der Waals surface area contributed by atoms with E-state index in [1.165, 1.54) is 58.4 Å². The fourth-order valence-electron chi connectivity index (χ4n) is 4.36. The fraction of sp³-hybridized carbons (Fsp3) is 1.00. The quantitative estimate of drug-likeness (QED) is 0.824. The summed E-state index contributed by atoms with van der Waals surface area (Å²) >= 11 is 0. The summed E-state index contributed by atoms with van der Waals surface area (Å²) in [6.45, 7) is 19.2. The Labute approximate surface area is 150 Å². The molecular formula is C20H42N4. The summed E-state index contributed by atoms with van der Waals surface area (Å²) in [5.74, 6) is 1.56. The Morgan fingerprint density at radius 2 is 1.38 bits per heavy atom. The maximum atomic E-state index is 3.74. The smallest absolute Gasteiger partial charge is 0.0226 e. The van der Waals surface area contributed by atoms with Crippen LogP contribution >= 0.6 is 0 Å². The minimum Gasteiger partial charge on any atom is -0.317 e. The monoisotopic (exact) mass is 338 g/mol. The van der Waals surface area contributed by atoms with Crippen molar-refractivity contribution in [1.82, 2.24) is 20.4 Å². The van der Waals surface area contributed by atoms with Crippen LogP contribution in [0.1, 0.15) is 53.4 Å². The van der Waals surface area contributed by atoms with Crippen molar-refractivity contribution in [2.45, 2.75) is 65.5 Å². The van der Waals surface area contributed by atoms with Crippen LogP contribution in [-0.2, 0) is 0 Å². The molecule has 0 aliphatic carbocycles. The van der Waals surface area contributed by atoms with Crippen LogP contribution in [0.25, 0.3) is 0 Å². The summed E-state index contributed by atoms with van der Waals surface area (Å²) < 4.78 is 0. The largest absolute Gasteiger partial charge is 0.317 e. The second kappa shape index (κ2) is 10.7. The lowest BCUT2D eigenvalue weighted by Crippen LogP contribution is -2.58. The van der Waals surface area contributed by atoms with Crippen LogP contribution in [0.2, 0.25) is 0 Å². The molecule has 3 aliphatic heterocycles. The minimum atomic E-state index is 0.706. The SMILES string of the molecule is CC(C)CC1CN2CCN1CCCNCCCNCC2CC(C)C. The van der Waals surface area contributed by atoms with Gasteiger partial charge in [0.25, 0.3) is 0 Å². The fourth-order valence-corrected chi connectivity index (χ4v) is 4.36. The van der Waals surface area contributed by atoms with Crippen molar-refractivity contribution in [1.29, 1.82) is 0 Å². The molecule has 0 aromatic heterocycles. The molecule has 3 saturated heterocycles. The van der Waals surface area contributed by atoms with Crippen LogP contribution in [0.3, 0.4) is 0 Å². The number of fused-ring (bicyclic) bond motifs is 11. The molecule has 3 aliphatic rings. The van der Waals surface area contributed by atoms with Crippen molar-refractivity contribution in [3.05, 3.63) is 0 Å². The molecule has 4 nitrogen and oxygen atoms in total. The Hall–Kier alpha value is -0.160. The van der Waals surface area contributed by atoms with Crippen molar-refractivity contribution in [2.24, 2.45) is 11.8 Å². The molecule has 2 bridgehead atoms. The molecule has 4 atom stereocenters. The van der Waals surface area contributed by atoms with Gasteiger partial charge < -0.3 is 10.6 Å². The average Bonchev–Trinajstić information content (AvgIpc) is 2.52. The van der Waals surface area contributed by atoms with Crippen molar-refractivity contribution in [3.63, 3.8) is 0 Å². The highest BCUT2D eigenvalue weighted by Gasteiger charge is 2.31. The van der Waals surface area contributed by atoms with Crippen LogP contribution in [0.4, 0.5) is 0 Å². The van der Waals surface area contributed by atoms with E-state index in [0.29, 0.717) is 6.04 Å². The zero-order valence-electron chi connectivity index (χ0n) is 16.7. The van der Waals surface area contributed by atoms with Gasteiger partial charge in [0.15, 0.2) is 0 Å². The number of nitrogens with one attached hydrogen (secondary N) is 2. The predicted molar refractivity (Wildman–Crippen MR) is 105 cm³/mol. The van der Waals surface area contributed by atoms with Crippen LogP contribution in [-0.4, -0.2) is 74.2 Å². The number of nitrogens with zero attached hydrogens (tertiary/aromatic N) is 2. The average molecular weight is 339 g/mol. The molecule has 0 amide bonds. The lowest BCUT2D eigenvalue weighted by Gasteiger charge is -2.46. The van der Waals surface area contributed by atoms with Gasteiger partial charge in [0.1, 0.15) is 0 Å². The standard InChI is InChI=1S/C20H42N4/c1-17(2)13-19-15-22-8-5-7-21-9-6-10-23-11-12-24(19)16-20(23)14-18(3)4/h17-22H,5-16H2,1-4H3. The van der Waals surface area contributed by atoms with E-state index in [0.717, 1.165) is 37.5 Å². The Kier molecular flexibility index (Phi) is 9.02. The van der Waals surface area contributed by atoms with Gasteiger partial charge in [0, 0.05) is 38.3 Å². The second-order valence-electron chi connectivity index (χ2n) is 8.76. The highest BCUT2D eigenvalue weighted by atomic mass is 15.3. The van der Waals surface area contributed by atoms with Gasteiger partial charge in [-0.15, -0.1) is 0 Å². The number of rotatable bonds is 4. The zero-order chi connectivity index (χ0) is 17.4. The third kappa shape index (κ3) is 6.99. The normalized spacial score (nSPS) is 33.8. The topological polar surface area (TPSA) is 30.5 Å². The van der Waals surface area contributed by atoms with Gasteiger partial charge in [-0.1, -0.05) is 27.7 Å². The van der Waals surface area contributed by atoms with E-state index in [2.05, 4.69) is 48.1 Å². The molecule has 24 heavy (non-hydrogen) atoms. The molecular weight excluding hydrogens is 296 g/mol. The molecule has 3 fully saturated rings. The second-order valence-corrected chi connectivity index (χ2v) is 8.76. The number of hydrogen-bond acceptors (Lipinski definition) is 4. The summed E-state index contributed by atoms with van der Waals surface area (Å²) in [4.78, 5) is 5.59. The molecule has 0 saturated carbocycles. The van der Waals surface area contributed by atoms with Gasteiger partial charge in [-0.25, -0.2) is 0 Å². The minimum absolute atomic E-state index is 0.706. The highest BCUT2D eigenvalue weighted by molar-refractivity contribution is 4.87. The van der Waals surface area contributed by atoms with E-state index < -0.39 is 0 Å². The van der Waals surface area contributed by atoms with Crippen LogP contribution in [0, 0.1) is 11.8 Å². The van der Waals surface area contributed by atoms with Crippen LogP contribution in [0.5, 0.6) is 0 Å². The highest BCUT2D eigenvalue weighted by Crippen LogP contribution is 2.21. The molecule has 4 heteroatoms. The van der Waals surface area contributed by atoms with Crippen molar-refractivity contribution in [2.75, 3.05) is 52.4 Å². The van der Waals surface area contributed by atoms with Crippen molar-refractivity contribution in [3.8, 4) is 0 Å². The summed E-state index contributed by atoms with van der Waals surface area (Å²) in [6, 6.07) is 1.45. The van der Waals surface area contributed by atoms with E-state index in [4.69, 9.17) is 0 Å². The molecule has 2 N–H and O–H groups in total. The molecule has 0 aromatic carbocycles. The molecule has 4 unspecified atom stereocenters. The zero-order valence-corrected chi connectivity index (χ0v) is 16.7.